The van der Waals surface area contributed by atoms with E-state index in [4.69, 9.17) is 9.57 Å². The first-order valence-electron chi connectivity index (χ1n) is 4.95. The molecule has 1 aromatic rings. The minimum Gasteiger partial charge on any atom is -0.448 e. The van der Waals surface area contributed by atoms with Crippen LogP contribution in [0.15, 0.2) is 30.3 Å². The monoisotopic (exact) mass is 209 g/mol. The van der Waals surface area contributed by atoms with Crippen molar-refractivity contribution in [1.29, 1.82) is 0 Å². The van der Waals surface area contributed by atoms with Gasteiger partial charge in [0.1, 0.15) is 0 Å². The summed E-state index contributed by atoms with van der Waals surface area (Å²) >= 11 is 0. The summed E-state index contributed by atoms with van der Waals surface area (Å²) < 4.78 is 4.83. The highest BCUT2D eigenvalue weighted by Gasteiger charge is 2.13. The standard InChI is InChI=1S/C11H15NO3/c1-3-12(11(13)14-4-2)15-10-8-6-5-7-9-10/h5-9H,3-4H2,1-2H3. The number of amides is 1. The van der Waals surface area contributed by atoms with Gasteiger partial charge in [0, 0.05) is 0 Å². The fraction of sp³-hybridized carbons (Fsp3) is 0.364. The summed E-state index contributed by atoms with van der Waals surface area (Å²) in [5.41, 5.74) is 0. The van der Waals surface area contributed by atoms with Crippen molar-refractivity contribution in [1.82, 2.24) is 5.06 Å². The van der Waals surface area contributed by atoms with Crippen LogP contribution >= 0.6 is 0 Å². The molecular weight excluding hydrogens is 194 g/mol. The third kappa shape index (κ3) is 3.50. The number of para-hydroxylation sites is 1. The highest BCUT2D eigenvalue weighted by Crippen LogP contribution is 2.10. The number of hydrogen-bond donors (Lipinski definition) is 0. The molecule has 0 saturated carbocycles. The van der Waals surface area contributed by atoms with Crippen molar-refractivity contribution in [2.75, 3.05) is 13.2 Å². The molecule has 0 unspecified atom stereocenters. The van der Waals surface area contributed by atoms with Crippen molar-refractivity contribution >= 4 is 6.09 Å². The third-order valence-electron chi connectivity index (χ3n) is 1.72. The van der Waals surface area contributed by atoms with Gasteiger partial charge in [-0.15, -0.1) is 5.06 Å². The highest BCUT2D eigenvalue weighted by atomic mass is 16.7. The number of ether oxygens (including phenoxy) is 1. The predicted octanol–water partition coefficient (Wildman–Crippen LogP) is 2.46. The summed E-state index contributed by atoms with van der Waals surface area (Å²) in [5, 5.41) is 1.18. The van der Waals surface area contributed by atoms with Crippen LogP contribution in [0.25, 0.3) is 0 Å². The Morgan fingerprint density at radius 1 is 1.27 bits per heavy atom. The van der Waals surface area contributed by atoms with E-state index in [2.05, 4.69) is 0 Å². The number of nitrogens with zero attached hydrogens (tertiary/aromatic N) is 1. The summed E-state index contributed by atoms with van der Waals surface area (Å²) in [5.74, 6) is 0.618. The van der Waals surface area contributed by atoms with Crippen LogP contribution in [0.4, 0.5) is 4.79 Å². The number of rotatable bonds is 4. The zero-order chi connectivity index (χ0) is 11.1. The molecule has 1 rings (SSSR count). The van der Waals surface area contributed by atoms with Crippen molar-refractivity contribution in [3.8, 4) is 5.75 Å². The Bertz CT molecular complexity index is 300. The maximum atomic E-state index is 11.4. The Morgan fingerprint density at radius 3 is 2.47 bits per heavy atom. The molecular formula is C11H15NO3. The first-order chi connectivity index (χ1) is 7.27. The van der Waals surface area contributed by atoms with Gasteiger partial charge >= 0.3 is 6.09 Å². The van der Waals surface area contributed by atoms with E-state index in [1.54, 1.807) is 19.1 Å². The van der Waals surface area contributed by atoms with Gasteiger partial charge in [-0.05, 0) is 26.0 Å². The van der Waals surface area contributed by atoms with E-state index < -0.39 is 6.09 Å². The second kappa shape index (κ2) is 5.90. The topological polar surface area (TPSA) is 38.8 Å². The van der Waals surface area contributed by atoms with Crippen LogP contribution < -0.4 is 4.84 Å². The quantitative estimate of drug-likeness (QED) is 0.715. The van der Waals surface area contributed by atoms with E-state index in [0.29, 0.717) is 18.9 Å². The Hall–Kier alpha value is -1.71. The van der Waals surface area contributed by atoms with Gasteiger partial charge in [0.05, 0.1) is 13.2 Å². The molecule has 1 aromatic carbocycles. The van der Waals surface area contributed by atoms with E-state index in [9.17, 15) is 4.79 Å². The van der Waals surface area contributed by atoms with Crippen molar-refractivity contribution in [2.45, 2.75) is 13.8 Å². The molecule has 82 valence electrons. The van der Waals surface area contributed by atoms with E-state index in [1.165, 1.54) is 5.06 Å². The molecule has 0 radical (unpaired) electrons. The van der Waals surface area contributed by atoms with E-state index in [-0.39, 0.29) is 0 Å². The highest BCUT2D eigenvalue weighted by molar-refractivity contribution is 5.66. The minimum absolute atomic E-state index is 0.341. The average molecular weight is 209 g/mol. The van der Waals surface area contributed by atoms with Gasteiger partial charge in [-0.1, -0.05) is 18.2 Å². The van der Waals surface area contributed by atoms with Gasteiger partial charge in [0.2, 0.25) is 0 Å². The SMILES string of the molecule is CCOC(=O)N(CC)Oc1ccccc1. The molecule has 0 aliphatic rings. The molecule has 0 atom stereocenters. The zero-order valence-electron chi connectivity index (χ0n) is 8.97. The van der Waals surface area contributed by atoms with Crippen LogP contribution in [0.2, 0.25) is 0 Å². The fourth-order valence-corrected chi connectivity index (χ4v) is 1.03. The molecule has 4 nitrogen and oxygen atoms in total. The number of hydroxylamine groups is 2. The summed E-state index contributed by atoms with van der Waals surface area (Å²) in [7, 11) is 0. The lowest BCUT2D eigenvalue weighted by molar-refractivity contribution is -0.0430. The van der Waals surface area contributed by atoms with Gasteiger partial charge in [-0.25, -0.2) is 4.79 Å². The fourth-order valence-electron chi connectivity index (χ4n) is 1.03. The molecule has 0 saturated heterocycles. The van der Waals surface area contributed by atoms with Crippen molar-refractivity contribution in [2.24, 2.45) is 0 Å². The van der Waals surface area contributed by atoms with Crippen LogP contribution in [-0.2, 0) is 4.74 Å². The summed E-state index contributed by atoms with van der Waals surface area (Å²) in [6.07, 6.45) is -0.469. The first kappa shape index (κ1) is 11.4. The Labute approximate surface area is 89.4 Å². The lowest BCUT2D eigenvalue weighted by Crippen LogP contribution is -2.34. The normalized spacial score (nSPS) is 9.47. The van der Waals surface area contributed by atoms with E-state index in [1.807, 2.05) is 25.1 Å². The Kier molecular flexibility index (Phi) is 4.47. The molecule has 0 aliphatic carbocycles. The lowest BCUT2D eigenvalue weighted by Gasteiger charge is -2.19. The van der Waals surface area contributed by atoms with Crippen LogP contribution in [-0.4, -0.2) is 24.3 Å². The number of benzene rings is 1. The Balaban J connectivity index is 2.58. The maximum absolute atomic E-state index is 11.4. The molecule has 15 heavy (non-hydrogen) atoms. The summed E-state index contributed by atoms with van der Waals surface area (Å²) in [6, 6.07) is 9.12. The zero-order valence-corrected chi connectivity index (χ0v) is 8.97. The average Bonchev–Trinajstić information content (AvgIpc) is 2.27. The molecule has 1 amide bonds. The number of hydrogen-bond acceptors (Lipinski definition) is 3. The molecule has 0 bridgehead atoms. The molecule has 0 N–H and O–H groups in total. The molecule has 0 aromatic heterocycles. The van der Waals surface area contributed by atoms with Crippen molar-refractivity contribution < 1.29 is 14.4 Å². The second-order valence-corrected chi connectivity index (χ2v) is 2.80. The van der Waals surface area contributed by atoms with Crippen molar-refractivity contribution in [3.05, 3.63) is 30.3 Å². The minimum atomic E-state index is -0.469. The smallest absolute Gasteiger partial charge is 0.443 e. The molecule has 0 spiro atoms. The first-order valence-corrected chi connectivity index (χ1v) is 4.95. The van der Waals surface area contributed by atoms with Gasteiger partial charge in [-0.3, -0.25) is 0 Å². The summed E-state index contributed by atoms with van der Waals surface area (Å²) in [6.45, 7) is 4.36. The maximum Gasteiger partial charge on any atom is 0.443 e. The summed E-state index contributed by atoms with van der Waals surface area (Å²) in [4.78, 5) is 16.7. The largest absolute Gasteiger partial charge is 0.448 e. The number of carbonyl (C=O) groups is 1. The molecule has 0 fully saturated rings. The van der Waals surface area contributed by atoms with Gasteiger partial charge in [-0.2, -0.15) is 0 Å². The van der Waals surface area contributed by atoms with E-state index in [0.717, 1.165) is 0 Å². The van der Waals surface area contributed by atoms with Crippen LogP contribution in [0.3, 0.4) is 0 Å². The Morgan fingerprint density at radius 2 is 1.93 bits per heavy atom. The predicted molar refractivity (Wildman–Crippen MR) is 56.5 cm³/mol. The lowest BCUT2D eigenvalue weighted by atomic mass is 10.3. The second-order valence-electron chi connectivity index (χ2n) is 2.80. The molecule has 0 aliphatic heterocycles. The van der Waals surface area contributed by atoms with Crippen LogP contribution in [0, 0.1) is 0 Å². The molecule has 0 heterocycles. The van der Waals surface area contributed by atoms with Gasteiger partial charge in [0.25, 0.3) is 0 Å². The van der Waals surface area contributed by atoms with Gasteiger partial charge < -0.3 is 9.57 Å². The van der Waals surface area contributed by atoms with Gasteiger partial charge in [0.15, 0.2) is 5.75 Å². The third-order valence-corrected chi connectivity index (χ3v) is 1.72. The van der Waals surface area contributed by atoms with Crippen LogP contribution in [0.1, 0.15) is 13.8 Å². The molecule has 4 heteroatoms. The van der Waals surface area contributed by atoms with E-state index >= 15 is 0 Å². The van der Waals surface area contributed by atoms with Crippen LogP contribution in [0.5, 0.6) is 5.75 Å². The number of carbonyl (C=O) groups excluding carboxylic acids is 1. The van der Waals surface area contributed by atoms with Crippen molar-refractivity contribution in [3.63, 3.8) is 0 Å².